The molecular weight excluding hydrogens is 366 g/mol. The van der Waals surface area contributed by atoms with E-state index in [1.54, 1.807) is 42.5 Å². The van der Waals surface area contributed by atoms with Crippen LogP contribution in [0.5, 0.6) is 0 Å². The molecule has 1 heterocycles. The van der Waals surface area contributed by atoms with Gasteiger partial charge in [-0.3, -0.25) is 9.59 Å². The molecule has 0 radical (unpaired) electrons. The van der Waals surface area contributed by atoms with Gasteiger partial charge in [0.2, 0.25) is 5.91 Å². The Hall–Kier alpha value is -1.91. The van der Waals surface area contributed by atoms with E-state index >= 15 is 0 Å². The fraction of sp³-hybridized carbons (Fsp3) is 0.0588. The van der Waals surface area contributed by atoms with Gasteiger partial charge in [0.15, 0.2) is 0 Å². The SMILES string of the molecule is O=C1CC(=Cc2ccc(Cl)cc2)C(=O)N1c1ccc(Br)cc1. The van der Waals surface area contributed by atoms with Gasteiger partial charge in [0, 0.05) is 15.1 Å². The summed E-state index contributed by atoms with van der Waals surface area (Å²) in [5.41, 5.74) is 1.91. The molecule has 1 fully saturated rings. The van der Waals surface area contributed by atoms with Crippen LogP contribution in [0.25, 0.3) is 6.08 Å². The van der Waals surface area contributed by atoms with Crippen LogP contribution in [0.15, 0.2) is 58.6 Å². The van der Waals surface area contributed by atoms with Gasteiger partial charge in [0.25, 0.3) is 5.91 Å². The molecule has 110 valence electrons. The minimum atomic E-state index is -0.276. The van der Waals surface area contributed by atoms with E-state index in [0.29, 0.717) is 16.3 Å². The van der Waals surface area contributed by atoms with Crippen molar-refractivity contribution in [1.82, 2.24) is 0 Å². The number of hydrogen-bond donors (Lipinski definition) is 0. The first-order valence-corrected chi connectivity index (χ1v) is 7.81. The van der Waals surface area contributed by atoms with Crippen molar-refractivity contribution in [2.45, 2.75) is 6.42 Å². The van der Waals surface area contributed by atoms with Gasteiger partial charge in [-0.1, -0.05) is 39.7 Å². The van der Waals surface area contributed by atoms with E-state index in [-0.39, 0.29) is 18.2 Å². The van der Waals surface area contributed by atoms with Gasteiger partial charge >= 0.3 is 0 Å². The lowest BCUT2D eigenvalue weighted by molar-refractivity contribution is -0.120. The van der Waals surface area contributed by atoms with Gasteiger partial charge in [0.05, 0.1) is 12.1 Å². The zero-order valence-corrected chi connectivity index (χ0v) is 13.8. The minimum absolute atomic E-state index is 0.109. The molecule has 0 atom stereocenters. The number of nitrogens with zero attached hydrogens (tertiary/aromatic N) is 1. The second-order valence-electron chi connectivity index (χ2n) is 4.91. The first-order chi connectivity index (χ1) is 10.5. The summed E-state index contributed by atoms with van der Waals surface area (Å²) in [6.45, 7) is 0. The summed E-state index contributed by atoms with van der Waals surface area (Å²) in [5.74, 6) is -0.491. The van der Waals surface area contributed by atoms with Crippen LogP contribution in [0.3, 0.4) is 0 Å². The van der Waals surface area contributed by atoms with Crippen LogP contribution in [0, 0.1) is 0 Å². The third-order valence-electron chi connectivity index (χ3n) is 3.36. The topological polar surface area (TPSA) is 37.4 Å². The molecule has 3 nitrogen and oxygen atoms in total. The van der Waals surface area contributed by atoms with E-state index in [1.807, 2.05) is 12.1 Å². The number of carbonyl (C=O) groups excluding carboxylic acids is 2. The molecule has 2 aromatic carbocycles. The van der Waals surface area contributed by atoms with Crippen molar-refractivity contribution in [1.29, 1.82) is 0 Å². The predicted molar refractivity (Wildman–Crippen MR) is 90.7 cm³/mol. The van der Waals surface area contributed by atoms with Gasteiger partial charge in [-0.2, -0.15) is 0 Å². The maximum Gasteiger partial charge on any atom is 0.261 e. The molecule has 0 aromatic heterocycles. The second-order valence-corrected chi connectivity index (χ2v) is 6.26. The number of amides is 2. The molecule has 0 unspecified atom stereocenters. The Morgan fingerprint density at radius 2 is 1.64 bits per heavy atom. The van der Waals surface area contributed by atoms with Gasteiger partial charge in [-0.05, 0) is 48.0 Å². The summed E-state index contributed by atoms with van der Waals surface area (Å²) in [4.78, 5) is 25.8. The standard InChI is InChI=1S/C17H11BrClNO2/c18-13-3-7-15(8-4-13)20-16(21)10-12(17(20)22)9-11-1-5-14(19)6-2-11/h1-9H,10H2. The monoisotopic (exact) mass is 375 g/mol. The third-order valence-corrected chi connectivity index (χ3v) is 4.15. The Bertz CT molecular complexity index is 766. The number of carbonyl (C=O) groups is 2. The molecule has 3 rings (SSSR count). The number of imide groups is 1. The van der Waals surface area contributed by atoms with Crippen molar-refractivity contribution >= 4 is 51.1 Å². The van der Waals surface area contributed by atoms with E-state index in [1.165, 1.54) is 4.90 Å². The second kappa shape index (κ2) is 6.07. The van der Waals surface area contributed by atoms with Crippen LogP contribution in [0.4, 0.5) is 5.69 Å². The third kappa shape index (κ3) is 2.98. The molecule has 0 aliphatic carbocycles. The highest BCUT2D eigenvalue weighted by molar-refractivity contribution is 9.10. The summed E-state index contributed by atoms with van der Waals surface area (Å²) in [5, 5.41) is 0.632. The van der Waals surface area contributed by atoms with Crippen LogP contribution < -0.4 is 4.90 Å². The number of anilines is 1. The molecule has 1 aliphatic heterocycles. The lowest BCUT2D eigenvalue weighted by atomic mass is 10.1. The molecule has 0 N–H and O–H groups in total. The maximum atomic E-state index is 12.5. The van der Waals surface area contributed by atoms with Crippen molar-refractivity contribution in [2.24, 2.45) is 0 Å². The van der Waals surface area contributed by atoms with Gasteiger partial charge in [-0.15, -0.1) is 0 Å². The van der Waals surface area contributed by atoms with Crippen LogP contribution in [0.2, 0.25) is 5.02 Å². The zero-order valence-electron chi connectivity index (χ0n) is 11.4. The molecule has 1 aliphatic rings. The summed E-state index contributed by atoms with van der Waals surface area (Å²) in [6, 6.07) is 14.2. The number of benzene rings is 2. The van der Waals surface area contributed by atoms with E-state index in [2.05, 4.69) is 15.9 Å². The van der Waals surface area contributed by atoms with Crippen molar-refractivity contribution in [3.63, 3.8) is 0 Å². The van der Waals surface area contributed by atoms with Crippen LogP contribution in [-0.4, -0.2) is 11.8 Å². The van der Waals surface area contributed by atoms with Gasteiger partial charge in [-0.25, -0.2) is 4.90 Å². The van der Waals surface area contributed by atoms with Crippen LogP contribution in [0.1, 0.15) is 12.0 Å². The summed E-state index contributed by atoms with van der Waals surface area (Å²) in [6.07, 6.45) is 1.84. The summed E-state index contributed by atoms with van der Waals surface area (Å²) >= 11 is 9.18. The zero-order chi connectivity index (χ0) is 15.7. The van der Waals surface area contributed by atoms with E-state index < -0.39 is 0 Å². The van der Waals surface area contributed by atoms with Crippen molar-refractivity contribution < 1.29 is 9.59 Å². The molecule has 2 amide bonds. The molecule has 22 heavy (non-hydrogen) atoms. The first-order valence-electron chi connectivity index (χ1n) is 6.63. The summed E-state index contributed by atoms with van der Waals surface area (Å²) < 4.78 is 0.896. The highest BCUT2D eigenvalue weighted by Gasteiger charge is 2.34. The van der Waals surface area contributed by atoms with Crippen LogP contribution in [-0.2, 0) is 9.59 Å². The molecule has 0 bridgehead atoms. The minimum Gasteiger partial charge on any atom is -0.274 e. The fourth-order valence-electron chi connectivity index (χ4n) is 2.30. The Labute approximate surface area is 141 Å². The summed E-state index contributed by atoms with van der Waals surface area (Å²) in [7, 11) is 0. The fourth-order valence-corrected chi connectivity index (χ4v) is 2.69. The Morgan fingerprint density at radius 3 is 2.27 bits per heavy atom. The number of hydrogen-bond acceptors (Lipinski definition) is 2. The average molecular weight is 377 g/mol. The number of rotatable bonds is 2. The Balaban J connectivity index is 1.91. The van der Waals surface area contributed by atoms with E-state index in [4.69, 9.17) is 11.6 Å². The van der Waals surface area contributed by atoms with E-state index in [0.717, 1.165) is 10.0 Å². The molecule has 5 heteroatoms. The maximum absolute atomic E-state index is 12.5. The van der Waals surface area contributed by atoms with Gasteiger partial charge in [0.1, 0.15) is 0 Å². The lowest BCUT2D eigenvalue weighted by Gasteiger charge is -2.13. The lowest BCUT2D eigenvalue weighted by Crippen LogP contribution is -2.28. The molecule has 2 aromatic rings. The normalized spacial score (nSPS) is 16.6. The molecule has 0 spiro atoms. The smallest absolute Gasteiger partial charge is 0.261 e. The largest absolute Gasteiger partial charge is 0.274 e. The molecule has 0 saturated carbocycles. The molecular formula is C17H11BrClNO2. The highest BCUT2D eigenvalue weighted by atomic mass is 79.9. The highest BCUT2D eigenvalue weighted by Crippen LogP contribution is 2.28. The van der Waals surface area contributed by atoms with Crippen molar-refractivity contribution in [2.75, 3.05) is 4.90 Å². The van der Waals surface area contributed by atoms with Crippen molar-refractivity contribution in [3.8, 4) is 0 Å². The van der Waals surface area contributed by atoms with Gasteiger partial charge < -0.3 is 0 Å². The first kappa shape index (κ1) is 15.0. The number of halogens is 2. The van der Waals surface area contributed by atoms with Crippen LogP contribution >= 0.6 is 27.5 Å². The quantitative estimate of drug-likeness (QED) is 0.573. The average Bonchev–Trinajstić information content (AvgIpc) is 2.77. The Kier molecular flexibility index (Phi) is 4.14. The van der Waals surface area contributed by atoms with Crippen molar-refractivity contribution in [3.05, 3.63) is 69.2 Å². The molecule has 1 saturated heterocycles. The Morgan fingerprint density at radius 1 is 1.00 bits per heavy atom. The van der Waals surface area contributed by atoms with E-state index in [9.17, 15) is 9.59 Å². The predicted octanol–water partition coefficient (Wildman–Crippen LogP) is 4.45.